The summed E-state index contributed by atoms with van der Waals surface area (Å²) in [5, 5.41) is 5.05. The summed E-state index contributed by atoms with van der Waals surface area (Å²) in [7, 11) is 1.59. The molecule has 5 nitrogen and oxygen atoms in total. The molecule has 0 radical (unpaired) electrons. The van der Waals surface area contributed by atoms with Crippen LogP contribution in [0.25, 0.3) is 16.3 Å². The average Bonchev–Trinajstić information content (AvgIpc) is 3.09. The molecule has 162 valence electrons. The van der Waals surface area contributed by atoms with Crippen LogP contribution in [0.15, 0.2) is 96.7 Å². The number of rotatable bonds is 5. The number of nitrogens with zero attached hydrogens (tertiary/aromatic N) is 1. The molecule has 5 rings (SSSR count). The van der Waals surface area contributed by atoms with Crippen molar-refractivity contribution in [2.75, 3.05) is 17.3 Å². The number of ether oxygens (including phenoxy) is 1. The molecule has 2 amide bonds. The number of methoxy groups -OCH3 is 1. The molecule has 1 aliphatic heterocycles. The number of benzene rings is 4. The van der Waals surface area contributed by atoms with E-state index in [1.54, 1.807) is 37.4 Å². The summed E-state index contributed by atoms with van der Waals surface area (Å²) in [6, 6.07) is 28.2. The second kappa shape index (κ2) is 8.28. The van der Waals surface area contributed by atoms with Crippen molar-refractivity contribution in [1.82, 2.24) is 0 Å². The van der Waals surface area contributed by atoms with Gasteiger partial charge in [0.05, 0.1) is 18.4 Å². The maximum absolute atomic E-state index is 13.8. The van der Waals surface area contributed by atoms with Crippen LogP contribution in [0.4, 0.5) is 11.4 Å². The van der Waals surface area contributed by atoms with Crippen molar-refractivity contribution in [3.63, 3.8) is 0 Å². The molecular weight excluding hydrogens is 412 g/mol. The van der Waals surface area contributed by atoms with Gasteiger partial charge in [-0.05, 0) is 47.7 Å². The van der Waals surface area contributed by atoms with E-state index in [9.17, 15) is 9.59 Å². The molecule has 4 aromatic rings. The highest BCUT2D eigenvalue weighted by Gasteiger charge is 2.41. The number of imide groups is 1. The summed E-state index contributed by atoms with van der Waals surface area (Å²) < 4.78 is 5.26. The number of aryl methyl sites for hydroxylation is 1. The van der Waals surface area contributed by atoms with Crippen LogP contribution in [0, 0.1) is 6.92 Å². The van der Waals surface area contributed by atoms with Crippen LogP contribution >= 0.6 is 0 Å². The van der Waals surface area contributed by atoms with E-state index in [-0.39, 0.29) is 17.5 Å². The Labute approximate surface area is 191 Å². The first kappa shape index (κ1) is 20.5. The molecule has 5 heteroatoms. The third-order valence-corrected chi connectivity index (χ3v) is 5.87. The minimum Gasteiger partial charge on any atom is -0.497 e. The summed E-state index contributed by atoms with van der Waals surface area (Å²) >= 11 is 0. The maximum Gasteiger partial charge on any atom is 0.282 e. The first-order valence-electron chi connectivity index (χ1n) is 10.7. The van der Waals surface area contributed by atoms with Gasteiger partial charge in [-0.2, -0.15) is 0 Å². The van der Waals surface area contributed by atoms with Gasteiger partial charge in [0.15, 0.2) is 0 Å². The molecule has 0 atom stereocenters. The largest absolute Gasteiger partial charge is 0.497 e. The number of fused-ring (bicyclic) bond motifs is 1. The lowest BCUT2D eigenvalue weighted by Gasteiger charge is -2.18. The van der Waals surface area contributed by atoms with Gasteiger partial charge in [0, 0.05) is 11.1 Å². The van der Waals surface area contributed by atoms with E-state index in [1.165, 1.54) is 4.90 Å². The highest BCUT2D eigenvalue weighted by molar-refractivity contribution is 6.47. The molecule has 33 heavy (non-hydrogen) atoms. The van der Waals surface area contributed by atoms with Gasteiger partial charge in [-0.15, -0.1) is 0 Å². The van der Waals surface area contributed by atoms with E-state index in [0.717, 1.165) is 22.0 Å². The van der Waals surface area contributed by atoms with E-state index in [1.807, 2.05) is 67.6 Å². The lowest BCUT2D eigenvalue weighted by atomic mass is 10.0. The number of amides is 2. The molecule has 1 heterocycles. The molecule has 1 aliphatic rings. The summed E-state index contributed by atoms with van der Waals surface area (Å²) in [4.78, 5) is 28.8. The standard InChI is InChI=1S/C28H22N2O3/c1-18-8-3-6-12-23(18)29-26-25(20-14-16-21(33-2)17-15-20)27(31)30(28(26)32)24-13-7-10-19-9-4-5-11-22(19)24/h3-17,29H,1-2H3. The fourth-order valence-electron chi connectivity index (χ4n) is 4.14. The normalized spacial score (nSPS) is 13.7. The number of nitrogens with one attached hydrogen (secondary N) is 1. The van der Waals surface area contributed by atoms with Crippen molar-refractivity contribution < 1.29 is 14.3 Å². The molecule has 0 spiro atoms. The first-order valence-corrected chi connectivity index (χ1v) is 10.7. The van der Waals surface area contributed by atoms with Crippen molar-refractivity contribution >= 4 is 39.5 Å². The number of anilines is 2. The second-order valence-corrected chi connectivity index (χ2v) is 7.86. The maximum atomic E-state index is 13.8. The second-order valence-electron chi connectivity index (χ2n) is 7.86. The van der Waals surface area contributed by atoms with E-state index in [4.69, 9.17) is 4.74 Å². The molecule has 0 fully saturated rings. The van der Waals surface area contributed by atoms with Gasteiger partial charge < -0.3 is 10.1 Å². The van der Waals surface area contributed by atoms with Crippen molar-refractivity contribution in [2.24, 2.45) is 0 Å². The molecule has 4 aromatic carbocycles. The van der Waals surface area contributed by atoms with Crippen LogP contribution in [0.3, 0.4) is 0 Å². The molecule has 0 unspecified atom stereocenters. The van der Waals surface area contributed by atoms with Gasteiger partial charge in [-0.25, -0.2) is 4.90 Å². The highest BCUT2D eigenvalue weighted by atomic mass is 16.5. The Morgan fingerprint density at radius 1 is 0.758 bits per heavy atom. The summed E-state index contributed by atoms with van der Waals surface area (Å²) in [5.41, 5.74) is 3.55. The van der Waals surface area contributed by atoms with E-state index in [0.29, 0.717) is 22.6 Å². The molecule has 0 aromatic heterocycles. The SMILES string of the molecule is COc1ccc(C2=C(Nc3ccccc3C)C(=O)N(c3cccc4ccccc34)C2=O)cc1. The summed E-state index contributed by atoms with van der Waals surface area (Å²) in [6.07, 6.45) is 0. The number of carbonyl (C=O) groups is 2. The monoisotopic (exact) mass is 434 g/mol. The summed E-state index contributed by atoms with van der Waals surface area (Å²) in [6.45, 7) is 1.96. The van der Waals surface area contributed by atoms with E-state index < -0.39 is 0 Å². The highest BCUT2D eigenvalue weighted by Crippen LogP contribution is 2.37. The van der Waals surface area contributed by atoms with Crippen molar-refractivity contribution in [2.45, 2.75) is 6.92 Å². The van der Waals surface area contributed by atoms with Crippen LogP contribution in [0.2, 0.25) is 0 Å². The Kier molecular flexibility index (Phi) is 5.15. The first-order chi connectivity index (χ1) is 16.1. The lowest BCUT2D eigenvalue weighted by Crippen LogP contribution is -2.32. The average molecular weight is 434 g/mol. The lowest BCUT2D eigenvalue weighted by molar-refractivity contribution is -0.120. The zero-order chi connectivity index (χ0) is 22.9. The number of hydrogen-bond donors (Lipinski definition) is 1. The van der Waals surface area contributed by atoms with E-state index >= 15 is 0 Å². The van der Waals surface area contributed by atoms with Gasteiger partial charge in [0.25, 0.3) is 11.8 Å². The van der Waals surface area contributed by atoms with Crippen molar-refractivity contribution in [3.8, 4) is 5.75 Å². The number of hydrogen-bond acceptors (Lipinski definition) is 4. The fraction of sp³-hybridized carbons (Fsp3) is 0.0714. The van der Waals surface area contributed by atoms with Crippen LogP contribution < -0.4 is 15.0 Å². The third kappa shape index (κ3) is 3.53. The van der Waals surface area contributed by atoms with Gasteiger partial charge >= 0.3 is 0 Å². The number of para-hydroxylation sites is 1. The Hall–Kier alpha value is -4.38. The van der Waals surface area contributed by atoms with Crippen LogP contribution in [0.5, 0.6) is 5.75 Å². The summed E-state index contributed by atoms with van der Waals surface area (Å²) in [5.74, 6) is -0.0709. The zero-order valence-corrected chi connectivity index (χ0v) is 18.3. The quantitative estimate of drug-likeness (QED) is 0.418. The van der Waals surface area contributed by atoms with Crippen molar-refractivity contribution in [1.29, 1.82) is 0 Å². The van der Waals surface area contributed by atoms with Crippen LogP contribution in [-0.4, -0.2) is 18.9 Å². The smallest absolute Gasteiger partial charge is 0.282 e. The number of carbonyl (C=O) groups excluding carboxylic acids is 2. The Morgan fingerprint density at radius 3 is 2.21 bits per heavy atom. The topological polar surface area (TPSA) is 58.6 Å². The Bertz CT molecular complexity index is 1420. The fourth-order valence-corrected chi connectivity index (χ4v) is 4.14. The van der Waals surface area contributed by atoms with Gasteiger partial charge in [-0.1, -0.05) is 66.7 Å². The Morgan fingerprint density at radius 2 is 1.45 bits per heavy atom. The molecule has 0 saturated carbocycles. The predicted molar refractivity (Wildman–Crippen MR) is 131 cm³/mol. The zero-order valence-electron chi connectivity index (χ0n) is 18.3. The minimum atomic E-state index is -0.384. The minimum absolute atomic E-state index is 0.257. The van der Waals surface area contributed by atoms with Crippen molar-refractivity contribution in [3.05, 3.63) is 108 Å². The third-order valence-electron chi connectivity index (χ3n) is 5.87. The molecular formula is C28H22N2O3. The Balaban J connectivity index is 1.67. The molecule has 0 bridgehead atoms. The van der Waals surface area contributed by atoms with Gasteiger partial charge in [0.2, 0.25) is 0 Å². The molecule has 0 aliphatic carbocycles. The predicted octanol–water partition coefficient (Wildman–Crippen LogP) is 5.55. The molecule has 1 N–H and O–H groups in total. The van der Waals surface area contributed by atoms with E-state index in [2.05, 4.69) is 5.32 Å². The van der Waals surface area contributed by atoms with Gasteiger partial charge in [0.1, 0.15) is 11.4 Å². The molecule has 0 saturated heterocycles. The van der Waals surface area contributed by atoms with Crippen LogP contribution in [0.1, 0.15) is 11.1 Å². The van der Waals surface area contributed by atoms with Crippen LogP contribution in [-0.2, 0) is 9.59 Å². The van der Waals surface area contributed by atoms with Gasteiger partial charge in [-0.3, -0.25) is 9.59 Å².